The molecule has 0 aliphatic carbocycles. The molecule has 21 heavy (non-hydrogen) atoms. The van der Waals surface area contributed by atoms with Crippen molar-refractivity contribution < 1.29 is 19.5 Å². The van der Waals surface area contributed by atoms with Crippen molar-refractivity contribution in [3.8, 4) is 0 Å². The van der Waals surface area contributed by atoms with Crippen molar-refractivity contribution in [2.45, 2.75) is 52.4 Å². The molecule has 0 nitrogen and oxygen atoms in total. The number of benzene rings is 2. The Morgan fingerprint density at radius 3 is 0.952 bits per heavy atom. The Bertz CT molecular complexity index is 437. The van der Waals surface area contributed by atoms with Crippen LogP contribution in [0.3, 0.4) is 0 Å². The summed E-state index contributed by atoms with van der Waals surface area (Å²) in [5, 5.41) is 0. The quantitative estimate of drug-likeness (QED) is 0.422. The van der Waals surface area contributed by atoms with Gasteiger partial charge in [0, 0.05) is 0 Å². The van der Waals surface area contributed by atoms with Crippen molar-refractivity contribution in [3.05, 3.63) is 71.8 Å². The van der Waals surface area contributed by atoms with Crippen molar-refractivity contribution in [2.75, 3.05) is 0 Å². The summed E-state index contributed by atoms with van der Waals surface area (Å²) in [6.45, 7) is 13.3. The van der Waals surface area contributed by atoms with Gasteiger partial charge in [-0.05, 0) is 10.8 Å². The van der Waals surface area contributed by atoms with Crippen molar-refractivity contribution >= 4 is 0 Å². The monoisotopic (exact) mass is 368 g/mol. The molecule has 0 aromatic heterocycles. The molecular formula is C20H26Ru. The van der Waals surface area contributed by atoms with Crippen LogP contribution in [-0.2, 0) is 30.3 Å². The minimum absolute atomic E-state index is 0. The van der Waals surface area contributed by atoms with Gasteiger partial charge in [-0.1, -0.05) is 41.5 Å². The second-order valence-electron chi connectivity index (χ2n) is 7.08. The van der Waals surface area contributed by atoms with Gasteiger partial charge in [0.15, 0.2) is 0 Å². The van der Waals surface area contributed by atoms with E-state index >= 15 is 0 Å². The van der Waals surface area contributed by atoms with Crippen LogP contribution in [-0.4, -0.2) is 0 Å². The van der Waals surface area contributed by atoms with E-state index in [1.165, 1.54) is 11.1 Å². The molecule has 2 aromatic rings. The molecule has 0 N–H and O–H groups in total. The van der Waals surface area contributed by atoms with Crippen LogP contribution in [0.5, 0.6) is 0 Å². The molecule has 1 heteroatoms. The summed E-state index contributed by atoms with van der Waals surface area (Å²) in [5.41, 5.74) is 3.28. The van der Waals surface area contributed by atoms with E-state index in [4.69, 9.17) is 0 Å². The predicted molar refractivity (Wildman–Crippen MR) is 88.0 cm³/mol. The molecule has 0 spiro atoms. The normalized spacial score (nSPS) is 11.0. The van der Waals surface area contributed by atoms with Crippen LogP contribution < -0.4 is 0 Å². The van der Waals surface area contributed by atoms with Gasteiger partial charge < -0.3 is 0 Å². The Labute approximate surface area is 143 Å². The van der Waals surface area contributed by atoms with E-state index in [-0.39, 0.29) is 30.3 Å². The Balaban J connectivity index is 0.000000364. The van der Waals surface area contributed by atoms with E-state index < -0.39 is 0 Å². The Morgan fingerprint density at radius 2 is 0.810 bits per heavy atom. The van der Waals surface area contributed by atoms with Crippen molar-refractivity contribution in [1.29, 1.82) is 0 Å². The Morgan fingerprint density at radius 1 is 0.571 bits per heavy atom. The van der Waals surface area contributed by atoms with Gasteiger partial charge in [-0.2, -0.15) is 71.8 Å². The topological polar surface area (TPSA) is 0 Å². The zero-order valence-electron chi connectivity index (χ0n) is 14.0. The predicted octanol–water partition coefficient (Wildman–Crippen LogP) is 5.57. The van der Waals surface area contributed by atoms with E-state index in [1.54, 1.807) is 0 Å². The van der Waals surface area contributed by atoms with Crippen molar-refractivity contribution in [2.24, 2.45) is 0 Å². The average Bonchev–Trinajstić information content (AvgIpc) is 2.40. The van der Waals surface area contributed by atoms with E-state index in [1.807, 2.05) is 24.3 Å². The number of hydrogen-bond donors (Lipinski definition) is 0. The van der Waals surface area contributed by atoms with Crippen molar-refractivity contribution in [1.82, 2.24) is 0 Å². The summed E-state index contributed by atoms with van der Waals surface area (Å²) in [6, 6.07) is 22.3. The molecule has 0 saturated heterocycles. The summed E-state index contributed by atoms with van der Waals surface area (Å²) >= 11 is 0. The van der Waals surface area contributed by atoms with Crippen LogP contribution in [0.2, 0.25) is 0 Å². The van der Waals surface area contributed by atoms with Crippen LogP contribution in [0.4, 0.5) is 0 Å². The first kappa shape index (κ1) is 20.1. The van der Waals surface area contributed by atoms with E-state index in [9.17, 15) is 0 Å². The van der Waals surface area contributed by atoms with Crippen LogP contribution in [0.25, 0.3) is 0 Å². The summed E-state index contributed by atoms with van der Waals surface area (Å²) in [6.07, 6.45) is 0. The summed E-state index contributed by atoms with van der Waals surface area (Å²) in [4.78, 5) is 0. The van der Waals surface area contributed by atoms with Crippen LogP contribution in [0.15, 0.2) is 48.5 Å². The second kappa shape index (κ2) is 8.49. The fourth-order valence-corrected chi connectivity index (χ4v) is 1.77. The maximum atomic E-state index is 3.00. The second-order valence-corrected chi connectivity index (χ2v) is 7.08. The molecule has 0 heterocycles. The zero-order chi connectivity index (χ0) is 15.2. The first-order valence-corrected chi connectivity index (χ1v) is 7.14. The first-order valence-electron chi connectivity index (χ1n) is 7.14. The third-order valence-corrected chi connectivity index (χ3v) is 3.17. The van der Waals surface area contributed by atoms with Gasteiger partial charge >= 0.3 is 19.5 Å². The summed E-state index contributed by atoms with van der Waals surface area (Å²) in [5.74, 6) is 0. The summed E-state index contributed by atoms with van der Waals surface area (Å²) < 4.78 is 0. The van der Waals surface area contributed by atoms with Gasteiger partial charge in [-0.25, -0.2) is 0 Å². The van der Waals surface area contributed by atoms with E-state index in [0.29, 0.717) is 0 Å². The molecule has 0 aliphatic rings. The standard InChI is InChI=1S/2C10H13.Ru/c2*1-10(2,3)9-7-5-4-6-8-9;/h2*5-8H,1-3H3;/q2*-1;+2. The van der Waals surface area contributed by atoms with Gasteiger partial charge in [-0.3, -0.25) is 0 Å². The molecule has 0 aliphatic heterocycles. The maximum Gasteiger partial charge on any atom is 2.00 e. The minimum Gasteiger partial charge on any atom is -0.184 e. The zero-order valence-corrected chi connectivity index (χ0v) is 15.7. The van der Waals surface area contributed by atoms with Crippen LogP contribution >= 0.6 is 0 Å². The molecule has 0 amide bonds. The van der Waals surface area contributed by atoms with E-state index in [0.717, 1.165) is 0 Å². The fourth-order valence-electron chi connectivity index (χ4n) is 1.77. The maximum absolute atomic E-state index is 3.00. The molecule has 2 aromatic carbocycles. The third kappa shape index (κ3) is 7.58. The number of rotatable bonds is 0. The van der Waals surface area contributed by atoms with Gasteiger partial charge in [0.25, 0.3) is 0 Å². The molecule has 0 saturated carbocycles. The largest absolute Gasteiger partial charge is 2.00 e. The summed E-state index contributed by atoms with van der Waals surface area (Å²) in [7, 11) is 0. The fraction of sp³-hybridized carbons (Fsp3) is 0.400. The van der Waals surface area contributed by atoms with Gasteiger partial charge in [0.1, 0.15) is 0 Å². The molecule has 2 rings (SSSR count). The molecule has 0 radical (unpaired) electrons. The third-order valence-electron chi connectivity index (χ3n) is 3.17. The number of hydrogen-bond acceptors (Lipinski definition) is 0. The first-order chi connectivity index (χ1) is 9.21. The smallest absolute Gasteiger partial charge is 0.184 e. The van der Waals surface area contributed by atoms with Crippen LogP contribution in [0.1, 0.15) is 52.7 Å². The van der Waals surface area contributed by atoms with Crippen LogP contribution in [0, 0.1) is 12.1 Å². The van der Waals surface area contributed by atoms with E-state index in [2.05, 4.69) is 77.9 Å². The molecule has 0 unspecified atom stereocenters. The van der Waals surface area contributed by atoms with Gasteiger partial charge in [0.2, 0.25) is 0 Å². The Hall–Kier alpha value is -0.937. The molecule has 0 bridgehead atoms. The minimum atomic E-state index is 0. The SMILES string of the molecule is CC(C)(C)c1cc[c-]cc1.CC(C)(C)c1cc[c-]cc1.[Ru+2]. The molecule has 0 atom stereocenters. The Kier molecular flexibility index (Phi) is 8.11. The molecule has 0 fully saturated rings. The van der Waals surface area contributed by atoms with Gasteiger partial charge in [0.05, 0.1) is 0 Å². The van der Waals surface area contributed by atoms with Crippen molar-refractivity contribution in [3.63, 3.8) is 0 Å². The average molecular weight is 367 g/mol. The van der Waals surface area contributed by atoms with Gasteiger partial charge in [-0.15, -0.1) is 0 Å². The molecule has 114 valence electrons. The molecular weight excluding hydrogens is 341 g/mol.